The first kappa shape index (κ1) is 14.0. The first-order valence-corrected chi connectivity index (χ1v) is 6.39. The SMILES string of the molecule is Cc1ccc(CCNC(=O)C(C)(C)CCl)cc1. The van der Waals surface area contributed by atoms with Gasteiger partial charge in [-0.15, -0.1) is 11.6 Å². The van der Waals surface area contributed by atoms with Crippen LogP contribution in [0.4, 0.5) is 0 Å². The highest BCUT2D eigenvalue weighted by Gasteiger charge is 2.25. The van der Waals surface area contributed by atoms with E-state index in [0.29, 0.717) is 12.4 Å². The molecular weight excluding hydrogens is 234 g/mol. The van der Waals surface area contributed by atoms with Gasteiger partial charge in [-0.1, -0.05) is 29.8 Å². The summed E-state index contributed by atoms with van der Waals surface area (Å²) in [7, 11) is 0. The molecular formula is C14H20ClNO. The number of hydrogen-bond donors (Lipinski definition) is 1. The van der Waals surface area contributed by atoms with Crippen LogP contribution in [0.3, 0.4) is 0 Å². The molecule has 0 heterocycles. The lowest BCUT2D eigenvalue weighted by Crippen LogP contribution is -2.39. The second kappa shape index (κ2) is 6.06. The Morgan fingerprint density at radius 3 is 2.41 bits per heavy atom. The van der Waals surface area contributed by atoms with Crippen molar-refractivity contribution >= 4 is 17.5 Å². The molecule has 0 aliphatic rings. The van der Waals surface area contributed by atoms with E-state index in [2.05, 4.69) is 36.5 Å². The molecule has 0 radical (unpaired) electrons. The van der Waals surface area contributed by atoms with Gasteiger partial charge in [0.1, 0.15) is 0 Å². The molecule has 0 bridgehead atoms. The van der Waals surface area contributed by atoms with E-state index in [4.69, 9.17) is 11.6 Å². The van der Waals surface area contributed by atoms with Crippen LogP contribution in [-0.4, -0.2) is 18.3 Å². The van der Waals surface area contributed by atoms with Crippen LogP contribution in [0.25, 0.3) is 0 Å². The maximum Gasteiger partial charge on any atom is 0.226 e. The van der Waals surface area contributed by atoms with E-state index < -0.39 is 5.41 Å². The minimum absolute atomic E-state index is 0.0135. The van der Waals surface area contributed by atoms with Gasteiger partial charge in [0.25, 0.3) is 0 Å². The van der Waals surface area contributed by atoms with Crippen LogP contribution in [-0.2, 0) is 11.2 Å². The van der Waals surface area contributed by atoms with E-state index >= 15 is 0 Å². The molecule has 1 aromatic carbocycles. The lowest BCUT2D eigenvalue weighted by molar-refractivity contribution is -0.128. The highest BCUT2D eigenvalue weighted by Crippen LogP contribution is 2.16. The normalized spacial score (nSPS) is 11.3. The van der Waals surface area contributed by atoms with Crippen LogP contribution in [0.5, 0.6) is 0 Å². The predicted molar refractivity (Wildman–Crippen MR) is 72.4 cm³/mol. The summed E-state index contributed by atoms with van der Waals surface area (Å²) in [6.07, 6.45) is 0.852. The third-order valence-electron chi connectivity index (χ3n) is 2.77. The Morgan fingerprint density at radius 1 is 1.29 bits per heavy atom. The number of hydrogen-bond acceptors (Lipinski definition) is 1. The summed E-state index contributed by atoms with van der Waals surface area (Å²) in [6.45, 7) is 6.42. The number of nitrogens with one attached hydrogen (secondary N) is 1. The van der Waals surface area contributed by atoms with E-state index in [1.54, 1.807) is 0 Å². The van der Waals surface area contributed by atoms with Gasteiger partial charge >= 0.3 is 0 Å². The summed E-state index contributed by atoms with van der Waals surface area (Å²) in [5, 5.41) is 2.91. The van der Waals surface area contributed by atoms with Crippen molar-refractivity contribution in [2.24, 2.45) is 5.41 Å². The summed E-state index contributed by atoms with van der Waals surface area (Å²) in [6, 6.07) is 8.35. The lowest BCUT2D eigenvalue weighted by atomic mass is 9.95. The molecule has 1 amide bonds. The summed E-state index contributed by atoms with van der Waals surface area (Å²) < 4.78 is 0. The van der Waals surface area contributed by atoms with Crippen LogP contribution in [0, 0.1) is 12.3 Å². The van der Waals surface area contributed by atoms with E-state index in [9.17, 15) is 4.79 Å². The highest BCUT2D eigenvalue weighted by molar-refractivity contribution is 6.19. The van der Waals surface area contributed by atoms with Gasteiger partial charge in [0.05, 0.1) is 5.41 Å². The van der Waals surface area contributed by atoms with E-state index in [1.165, 1.54) is 11.1 Å². The Labute approximate surface area is 108 Å². The average molecular weight is 254 g/mol. The van der Waals surface area contributed by atoms with Gasteiger partial charge in [-0.3, -0.25) is 4.79 Å². The Bertz CT molecular complexity index is 370. The molecule has 1 aromatic rings. The molecule has 3 heteroatoms. The van der Waals surface area contributed by atoms with Crippen molar-refractivity contribution in [3.63, 3.8) is 0 Å². The van der Waals surface area contributed by atoms with Gasteiger partial charge < -0.3 is 5.32 Å². The Kier molecular flexibility index (Phi) is 5.01. The number of carbonyl (C=O) groups excluding carboxylic acids is 1. The van der Waals surface area contributed by atoms with Crippen molar-refractivity contribution in [3.05, 3.63) is 35.4 Å². The molecule has 0 atom stereocenters. The molecule has 1 N–H and O–H groups in total. The molecule has 94 valence electrons. The number of alkyl halides is 1. The minimum atomic E-state index is -0.491. The van der Waals surface area contributed by atoms with Gasteiger partial charge in [0, 0.05) is 12.4 Å². The second-order valence-electron chi connectivity index (χ2n) is 5.01. The van der Waals surface area contributed by atoms with Crippen LogP contribution >= 0.6 is 11.6 Å². The topological polar surface area (TPSA) is 29.1 Å². The van der Waals surface area contributed by atoms with E-state index in [0.717, 1.165) is 6.42 Å². The fraction of sp³-hybridized carbons (Fsp3) is 0.500. The van der Waals surface area contributed by atoms with Gasteiger partial charge in [-0.2, -0.15) is 0 Å². The number of halogens is 1. The van der Waals surface area contributed by atoms with Gasteiger partial charge in [-0.25, -0.2) is 0 Å². The zero-order chi connectivity index (χ0) is 12.9. The summed E-state index contributed by atoms with van der Waals surface area (Å²) in [5.41, 5.74) is 2.00. The van der Waals surface area contributed by atoms with Gasteiger partial charge in [0.15, 0.2) is 0 Å². The molecule has 0 aliphatic carbocycles. The number of benzene rings is 1. The van der Waals surface area contributed by atoms with Crippen molar-refractivity contribution in [2.75, 3.05) is 12.4 Å². The highest BCUT2D eigenvalue weighted by atomic mass is 35.5. The Morgan fingerprint density at radius 2 is 1.88 bits per heavy atom. The molecule has 0 spiro atoms. The van der Waals surface area contributed by atoms with E-state index in [1.807, 2.05) is 13.8 Å². The molecule has 0 saturated heterocycles. The molecule has 1 rings (SSSR count). The number of rotatable bonds is 5. The van der Waals surface area contributed by atoms with Crippen molar-refractivity contribution in [3.8, 4) is 0 Å². The maximum atomic E-state index is 11.7. The molecule has 0 unspecified atom stereocenters. The van der Waals surface area contributed by atoms with Crippen molar-refractivity contribution < 1.29 is 4.79 Å². The van der Waals surface area contributed by atoms with Crippen LogP contribution < -0.4 is 5.32 Å². The van der Waals surface area contributed by atoms with Crippen LogP contribution in [0.2, 0.25) is 0 Å². The minimum Gasteiger partial charge on any atom is -0.355 e. The fourth-order valence-corrected chi connectivity index (χ4v) is 1.50. The monoisotopic (exact) mass is 253 g/mol. The van der Waals surface area contributed by atoms with Gasteiger partial charge in [0.2, 0.25) is 5.91 Å². The smallest absolute Gasteiger partial charge is 0.226 e. The van der Waals surface area contributed by atoms with Crippen molar-refractivity contribution in [1.82, 2.24) is 5.32 Å². The summed E-state index contributed by atoms with van der Waals surface area (Å²) in [4.78, 5) is 11.7. The molecule has 0 saturated carbocycles. The molecule has 0 aliphatic heterocycles. The Balaban J connectivity index is 2.38. The van der Waals surface area contributed by atoms with Crippen molar-refractivity contribution in [1.29, 1.82) is 0 Å². The second-order valence-corrected chi connectivity index (χ2v) is 5.28. The maximum absolute atomic E-state index is 11.7. The molecule has 0 aromatic heterocycles. The first-order chi connectivity index (χ1) is 7.95. The summed E-state index contributed by atoms with van der Waals surface area (Å²) in [5.74, 6) is 0.350. The van der Waals surface area contributed by atoms with Crippen LogP contribution in [0.1, 0.15) is 25.0 Å². The zero-order valence-corrected chi connectivity index (χ0v) is 11.5. The molecule has 17 heavy (non-hydrogen) atoms. The predicted octanol–water partition coefficient (Wildman–Crippen LogP) is 2.92. The number of carbonyl (C=O) groups is 1. The first-order valence-electron chi connectivity index (χ1n) is 5.85. The van der Waals surface area contributed by atoms with Gasteiger partial charge in [-0.05, 0) is 32.8 Å². The average Bonchev–Trinajstić information content (AvgIpc) is 2.31. The quantitative estimate of drug-likeness (QED) is 0.804. The standard InChI is InChI=1S/C14H20ClNO/c1-11-4-6-12(7-5-11)8-9-16-13(17)14(2,3)10-15/h4-7H,8-10H2,1-3H3,(H,16,17). The fourth-order valence-electron chi connectivity index (χ4n) is 1.38. The van der Waals surface area contributed by atoms with Crippen molar-refractivity contribution in [2.45, 2.75) is 27.2 Å². The largest absolute Gasteiger partial charge is 0.355 e. The van der Waals surface area contributed by atoms with Crippen LogP contribution in [0.15, 0.2) is 24.3 Å². The number of aryl methyl sites for hydroxylation is 1. The third kappa shape index (κ3) is 4.39. The van der Waals surface area contributed by atoms with E-state index in [-0.39, 0.29) is 5.91 Å². The molecule has 2 nitrogen and oxygen atoms in total. The lowest BCUT2D eigenvalue weighted by Gasteiger charge is -2.20. The molecule has 0 fully saturated rings. The Hall–Kier alpha value is -1.02. The number of amides is 1. The zero-order valence-electron chi connectivity index (χ0n) is 10.7. The summed E-state index contributed by atoms with van der Waals surface area (Å²) >= 11 is 5.74. The third-order valence-corrected chi connectivity index (χ3v) is 3.44.